The smallest absolute Gasteiger partial charge is 0.313 e. The Balaban J connectivity index is 1.60. The number of nitrogens with zero attached hydrogens (tertiary/aromatic N) is 2. The van der Waals surface area contributed by atoms with Gasteiger partial charge in [-0.2, -0.15) is 0 Å². The number of hydrogen-bond acceptors (Lipinski definition) is 7. The highest BCUT2D eigenvalue weighted by molar-refractivity contribution is 5.99. The van der Waals surface area contributed by atoms with Crippen molar-refractivity contribution in [2.24, 2.45) is 11.8 Å². The van der Waals surface area contributed by atoms with Gasteiger partial charge in [0.25, 0.3) is 0 Å². The fourth-order valence-corrected chi connectivity index (χ4v) is 6.90. The van der Waals surface area contributed by atoms with Crippen molar-refractivity contribution in [1.82, 2.24) is 15.1 Å². The molecule has 0 aromatic heterocycles. The third kappa shape index (κ3) is 5.04. The van der Waals surface area contributed by atoms with Crippen LogP contribution in [0.25, 0.3) is 0 Å². The fourth-order valence-electron chi connectivity index (χ4n) is 6.90. The van der Waals surface area contributed by atoms with Crippen LogP contribution in [0, 0.1) is 11.8 Å². The first kappa shape index (κ1) is 30.0. The molecule has 0 saturated carbocycles. The highest BCUT2D eigenvalue weighted by atomic mass is 16.6. The lowest BCUT2D eigenvalue weighted by atomic mass is 9.74. The van der Waals surface area contributed by atoms with E-state index in [-0.39, 0.29) is 37.4 Å². The van der Waals surface area contributed by atoms with Gasteiger partial charge in [0.1, 0.15) is 23.7 Å². The second-order valence-electron chi connectivity index (χ2n) is 11.9. The van der Waals surface area contributed by atoms with Gasteiger partial charge in [-0.05, 0) is 39.2 Å². The second kappa shape index (κ2) is 12.0. The molecule has 1 aromatic rings. The lowest BCUT2D eigenvalue weighted by Crippen LogP contribution is -2.59. The topological polar surface area (TPSA) is 125 Å². The number of aliphatic hydroxyl groups is 1. The number of esters is 1. The zero-order valence-corrected chi connectivity index (χ0v) is 24.6. The van der Waals surface area contributed by atoms with Gasteiger partial charge in [-0.15, -0.1) is 0 Å². The summed E-state index contributed by atoms with van der Waals surface area (Å²) in [5, 5.41) is 13.2. The third-order valence-corrected chi connectivity index (χ3v) is 9.02. The van der Waals surface area contributed by atoms with Crippen LogP contribution in [0.4, 0.5) is 0 Å². The minimum Gasteiger partial charge on any atom is -0.455 e. The number of hydrogen-bond donors (Lipinski definition) is 2. The van der Waals surface area contributed by atoms with E-state index < -0.39 is 59.6 Å². The van der Waals surface area contributed by atoms with Crippen LogP contribution in [-0.4, -0.2) is 87.6 Å². The van der Waals surface area contributed by atoms with E-state index in [1.807, 2.05) is 63.3 Å². The molecule has 4 aliphatic heterocycles. The van der Waals surface area contributed by atoms with E-state index in [9.17, 15) is 24.3 Å². The molecule has 2 fully saturated rings. The van der Waals surface area contributed by atoms with Crippen LogP contribution in [0.2, 0.25) is 0 Å². The number of carbonyl (C=O) groups is 4. The first-order valence-corrected chi connectivity index (χ1v) is 14.9. The Morgan fingerprint density at radius 1 is 1.10 bits per heavy atom. The monoisotopic (exact) mass is 579 g/mol. The molecular weight excluding hydrogens is 538 g/mol. The van der Waals surface area contributed by atoms with Crippen LogP contribution >= 0.6 is 0 Å². The van der Waals surface area contributed by atoms with Crippen LogP contribution in [-0.2, 0) is 28.7 Å². The lowest BCUT2D eigenvalue weighted by Gasteiger charge is -2.39. The van der Waals surface area contributed by atoms with Gasteiger partial charge in [0.15, 0.2) is 0 Å². The van der Waals surface area contributed by atoms with Crippen LogP contribution in [0.15, 0.2) is 54.6 Å². The Morgan fingerprint density at radius 2 is 1.83 bits per heavy atom. The van der Waals surface area contributed by atoms with Gasteiger partial charge in [-0.1, -0.05) is 61.6 Å². The Hall–Kier alpha value is -3.50. The van der Waals surface area contributed by atoms with Gasteiger partial charge in [0.05, 0.1) is 30.7 Å². The molecule has 8 atom stereocenters. The molecule has 2 N–H and O–H groups in total. The summed E-state index contributed by atoms with van der Waals surface area (Å²) in [5.74, 6) is -3.51. The summed E-state index contributed by atoms with van der Waals surface area (Å²) in [6.07, 6.45) is 6.80. The van der Waals surface area contributed by atoms with Crippen molar-refractivity contribution in [2.45, 2.75) is 88.9 Å². The van der Waals surface area contributed by atoms with Gasteiger partial charge in [-0.3, -0.25) is 19.2 Å². The van der Waals surface area contributed by atoms with Crippen molar-refractivity contribution >= 4 is 23.7 Å². The number of carbonyl (C=O) groups excluding carboxylic acids is 4. The Bertz CT molecular complexity index is 1260. The summed E-state index contributed by atoms with van der Waals surface area (Å²) in [4.78, 5) is 58.6. The van der Waals surface area contributed by atoms with Crippen molar-refractivity contribution in [3.8, 4) is 0 Å². The van der Waals surface area contributed by atoms with Gasteiger partial charge >= 0.3 is 5.97 Å². The molecule has 0 aliphatic carbocycles. The molecule has 4 aliphatic rings. The van der Waals surface area contributed by atoms with E-state index in [0.717, 1.165) is 0 Å². The largest absolute Gasteiger partial charge is 0.455 e. The van der Waals surface area contributed by atoms with Crippen LogP contribution in [0.3, 0.4) is 0 Å². The predicted molar refractivity (Wildman–Crippen MR) is 154 cm³/mol. The van der Waals surface area contributed by atoms with Crippen molar-refractivity contribution in [3.05, 3.63) is 60.2 Å². The number of ether oxygens (including phenoxy) is 2. The summed E-state index contributed by atoms with van der Waals surface area (Å²) < 4.78 is 12.6. The highest BCUT2D eigenvalue weighted by Gasteiger charge is 2.74. The molecular formula is C32H41N3O7. The van der Waals surface area contributed by atoms with E-state index in [1.165, 1.54) is 4.90 Å². The number of benzene rings is 1. The molecule has 0 radical (unpaired) electrons. The number of likely N-dealkylation sites (tertiary alicyclic amines) is 1. The summed E-state index contributed by atoms with van der Waals surface area (Å²) in [7, 11) is 0. The van der Waals surface area contributed by atoms with E-state index in [2.05, 4.69) is 5.32 Å². The van der Waals surface area contributed by atoms with Gasteiger partial charge < -0.3 is 29.7 Å². The number of aliphatic hydroxyl groups excluding tert-OH is 1. The molecule has 10 heteroatoms. The summed E-state index contributed by atoms with van der Waals surface area (Å²) in [6.45, 7) is 7.38. The normalized spacial score (nSPS) is 34.9. The number of nitrogens with one attached hydrogen (secondary N) is 1. The SMILES string of the molecule is CC[C@@H](CO)N1C(=O)[C@@H]2[C@H]3C(=O)O[C@@H](c4ccccc4)[C@H](C)NC(=O)CC/C=C\CN(C(C)C)C(=O)[C@@H]1[C@]21C=C[C@H]3O1. The van der Waals surface area contributed by atoms with Gasteiger partial charge in [0.2, 0.25) is 17.7 Å². The van der Waals surface area contributed by atoms with Crippen LogP contribution < -0.4 is 5.32 Å². The van der Waals surface area contributed by atoms with Gasteiger partial charge in [-0.25, -0.2) is 0 Å². The second-order valence-corrected chi connectivity index (χ2v) is 11.9. The Kier molecular flexibility index (Phi) is 8.57. The van der Waals surface area contributed by atoms with E-state index in [0.29, 0.717) is 18.4 Å². The first-order valence-electron chi connectivity index (χ1n) is 14.9. The van der Waals surface area contributed by atoms with Crippen molar-refractivity contribution < 1.29 is 33.8 Å². The Labute approximate surface area is 246 Å². The van der Waals surface area contributed by atoms with Crippen molar-refractivity contribution in [1.29, 1.82) is 0 Å². The maximum Gasteiger partial charge on any atom is 0.313 e. The number of fused-ring (bicyclic) bond motifs is 2. The van der Waals surface area contributed by atoms with Gasteiger partial charge in [0, 0.05) is 19.0 Å². The van der Waals surface area contributed by atoms with Crippen LogP contribution in [0.1, 0.15) is 58.6 Å². The third-order valence-electron chi connectivity index (χ3n) is 9.02. The zero-order chi connectivity index (χ0) is 30.2. The molecule has 4 heterocycles. The maximum absolute atomic E-state index is 14.4. The minimum absolute atomic E-state index is 0.185. The summed E-state index contributed by atoms with van der Waals surface area (Å²) in [6, 6.07) is 6.75. The molecule has 1 aromatic carbocycles. The molecule has 5 bridgehead atoms. The first-order chi connectivity index (χ1) is 20.1. The molecule has 42 heavy (non-hydrogen) atoms. The lowest BCUT2D eigenvalue weighted by molar-refractivity contribution is -0.162. The average Bonchev–Trinajstić information content (AvgIpc) is 3.61. The number of rotatable bonds is 5. The number of cyclic esters (lactones) is 1. The molecule has 10 nitrogen and oxygen atoms in total. The maximum atomic E-state index is 14.4. The number of allylic oxidation sites excluding steroid dienone is 1. The standard InChI is InChI=1S/C32H41N3O7/c1-5-22(18-36)35-28-30(39)34(19(2)3)17-11-7-10-14-24(37)33-20(4)27(21-12-8-6-9-13-21)41-31(40)25-23-15-16-32(28,42-23)26(25)29(35)38/h6-9,11-13,15-16,19-20,22-23,25-28,36H,5,10,14,17-18H2,1-4H3,(H,33,37)/b11-7-/t20-,22-,23+,25-,26-,27+,28+,32-/m0/s1. The predicted octanol–water partition coefficient (Wildman–Crippen LogP) is 2.28. The van der Waals surface area contributed by atoms with E-state index in [1.54, 1.807) is 24.0 Å². The summed E-state index contributed by atoms with van der Waals surface area (Å²) >= 11 is 0. The van der Waals surface area contributed by atoms with Crippen molar-refractivity contribution in [2.75, 3.05) is 13.2 Å². The van der Waals surface area contributed by atoms with E-state index in [4.69, 9.17) is 9.47 Å². The molecule has 0 unspecified atom stereocenters. The molecule has 1 spiro atoms. The zero-order valence-electron chi connectivity index (χ0n) is 24.6. The number of amides is 3. The molecule has 2 saturated heterocycles. The van der Waals surface area contributed by atoms with Crippen LogP contribution in [0.5, 0.6) is 0 Å². The quantitative estimate of drug-likeness (QED) is 0.405. The Morgan fingerprint density at radius 3 is 2.50 bits per heavy atom. The molecule has 3 amide bonds. The van der Waals surface area contributed by atoms with Crippen molar-refractivity contribution in [3.63, 3.8) is 0 Å². The minimum atomic E-state index is -1.36. The fraction of sp³-hybridized carbons (Fsp3) is 0.562. The molecule has 226 valence electrons. The average molecular weight is 580 g/mol. The summed E-state index contributed by atoms with van der Waals surface area (Å²) in [5.41, 5.74) is -0.657. The molecule has 5 rings (SSSR count). The highest BCUT2D eigenvalue weighted by Crippen LogP contribution is 2.56. The van der Waals surface area contributed by atoms with E-state index >= 15 is 0 Å².